The fourth-order valence-electron chi connectivity index (χ4n) is 3.38. The predicted molar refractivity (Wildman–Crippen MR) is 109 cm³/mol. The number of nitrogens with zero attached hydrogens (tertiary/aromatic N) is 4. The molecule has 0 N–H and O–H groups in total. The van der Waals surface area contributed by atoms with E-state index in [1.807, 2.05) is 59.9 Å². The van der Waals surface area contributed by atoms with Crippen molar-refractivity contribution in [3.05, 3.63) is 78.6 Å². The second-order valence-electron chi connectivity index (χ2n) is 6.16. The molecule has 0 radical (unpaired) electrons. The Bertz CT molecular complexity index is 1240. The molecular formula is C20H12N4S2. The Hall–Kier alpha value is -2.96. The fourth-order valence-corrected chi connectivity index (χ4v) is 5.77. The molecule has 0 aliphatic carbocycles. The number of rotatable bonds is 0. The average Bonchev–Trinajstić information content (AvgIpc) is 3.32. The standard InChI is InChI=1S/C20H12N4S2/c1-5-23-7-3-21-11-15(23)19-13(1)9-17(25-19)18-10-14-2-6-24-8-4-22-12-16(24)20(14)26-18/h1-12H. The van der Waals surface area contributed by atoms with Gasteiger partial charge in [-0.05, 0) is 35.4 Å². The van der Waals surface area contributed by atoms with Crippen molar-refractivity contribution in [2.45, 2.75) is 0 Å². The summed E-state index contributed by atoms with van der Waals surface area (Å²) in [6.45, 7) is 0. The van der Waals surface area contributed by atoms with Crippen LogP contribution in [0.3, 0.4) is 0 Å². The molecule has 6 heterocycles. The van der Waals surface area contributed by atoms with E-state index in [0.29, 0.717) is 0 Å². The van der Waals surface area contributed by atoms with Crippen LogP contribution in [-0.2, 0) is 0 Å². The molecule has 0 amide bonds. The number of thiophene rings is 2. The van der Waals surface area contributed by atoms with Gasteiger partial charge in [-0.25, -0.2) is 0 Å². The van der Waals surface area contributed by atoms with E-state index in [4.69, 9.17) is 0 Å². The van der Waals surface area contributed by atoms with Gasteiger partial charge >= 0.3 is 0 Å². The molecule has 26 heavy (non-hydrogen) atoms. The van der Waals surface area contributed by atoms with E-state index >= 15 is 0 Å². The summed E-state index contributed by atoms with van der Waals surface area (Å²) in [6, 6.07) is 4.57. The third-order valence-electron chi connectivity index (χ3n) is 4.64. The summed E-state index contributed by atoms with van der Waals surface area (Å²) < 4.78 is 5.13. The molecule has 0 atom stereocenters. The molecule has 124 valence electrons. The van der Waals surface area contributed by atoms with E-state index in [1.165, 1.54) is 29.3 Å². The maximum absolute atomic E-state index is 4.29. The van der Waals surface area contributed by atoms with Gasteiger partial charge in [-0.2, -0.15) is 0 Å². The number of aliphatic imine (C=N–C) groups is 2. The van der Waals surface area contributed by atoms with Crippen LogP contribution in [0.5, 0.6) is 0 Å². The molecule has 2 aromatic heterocycles. The smallest absolute Gasteiger partial charge is 0.0814 e. The highest BCUT2D eigenvalue weighted by Crippen LogP contribution is 2.22. The van der Waals surface area contributed by atoms with Crippen LogP contribution in [0.2, 0.25) is 0 Å². The van der Waals surface area contributed by atoms with Crippen LogP contribution in [0.25, 0.3) is 23.5 Å². The molecular weight excluding hydrogens is 360 g/mol. The average molecular weight is 372 g/mol. The third kappa shape index (κ3) is 2.00. The summed E-state index contributed by atoms with van der Waals surface area (Å²) in [7, 11) is 0. The molecule has 0 spiro atoms. The summed E-state index contributed by atoms with van der Waals surface area (Å²) in [5.41, 5.74) is 4.81. The summed E-state index contributed by atoms with van der Waals surface area (Å²) in [5, 5.41) is 0. The second-order valence-corrected chi connectivity index (χ2v) is 8.26. The zero-order chi connectivity index (χ0) is 17.1. The SMILES string of the molecule is C1=CN2C=Cc3cc(=c4cc5c(s4)=C4C=NC=CN4C=C5)sc3=C2C=N1. The number of hydrogen-bond acceptors (Lipinski definition) is 6. The van der Waals surface area contributed by atoms with Crippen molar-refractivity contribution >= 4 is 58.6 Å². The lowest BCUT2D eigenvalue weighted by Gasteiger charge is -2.20. The van der Waals surface area contributed by atoms with Crippen LogP contribution >= 0.6 is 22.7 Å². The molecule has 4 aliphatic heterocycles. The van der Waals surface area contributed by atoms with Crippen molar-refractivity contribution in [1.82, 2.24) is 9.80 Å². The van der Waals surface area contributed by atoms with Crippen molar-refractivity contribution in [3.8, 4) is 0 Å². The van der Waals surface area contributed by atoms with Gasteiger partial charge in [0.2, 0.25) is 0 Å². The molecule has 6 heteroatoms. The Morgan fingerprint density at radius 1 is 0.654 bits per heavy atom. The summed E-state index contributed by atoms with van der Waals surface area (Å²) in [4.78, 5) is 12.8. The Labute approximate surface area is 157 Å². The third-order valence-corrected chi connectivity index (χ3v) is 7.18. The van der Waals surface area contributed by atoms with Crippen molar-refractivity contribution in [1.29, 1.82) is 0 Å². The normalized spacial score (nSPS) is 19.7. The van der Waals surface area contributed by atoms with E-state index in [0.717, 1.165) is 11.4 Å². The highest BCUT2D eigenvalue weighted by Gasteiger charge is 2.16. The zero-order valence-electron chi connectivity index (χ0n) is 13.5. The van der Waals surface area contributed by atoms with Crippen LogP contribution < -0.4 is 9.06 Å². The van der Waals surface area contributed by atoms with Crippen LogP contribution in [0.4, 0.5) is 0 Å². The molecule has 2 aromatic rings. The van der Waals surface area contributed by atoms with Gasteiger partial charge in [0.25, 0.3) is 0 Å². The molecule has 4 aliphatic rings. The Morgan fingerprint density at radius 2 is 1.15 bits per heavy atom. The van der Waals surface area contributed by atoms with Crippen molar-refractivity contribution in [2.75, 3.05) is 0 Å². The first kappa shape index (κ1) is 14.2. The lowest BCUT2D eigenvalue weighted by Crippen LogP contribution is -2.22. The molecule has 0 bridgehead atoms. The molecule has 0 aromatic carbocycles. The van der Waals surface area contributed by atoms with Gasteiger partial charge in [-0.15, -0.1) is 22.7 Å². The molecule has 0 saturated heterocycles. The van der Waals surface area contributed by atoms with Crippen molar-refractivity contribution in [2.24, 2.45) is 9.98 Å². The van der Waals surface area contributed by atoms with Gasteiger partial charge < -0.3 is 9.80 Å². The fraction of sp³-hybridized carbons (Fsp3) is 0. The first-order valence-corrected chi connectivity index (χ1v) is 9.86. The highest BCUT2D eigenvalue weighted by atomic mass is 32.1. The van der Waals surface area contributed by atoms with E-state index in [1.54, 1.807) is 0 Å². The molecule has 0 saturated carbocycles. The maximum atomic E-state index is 4.29. The molecule has 0 fully saturated rings. The lowest BCUT2D eigenvalue weighted by atomic mass is 10.2. The number of fused-ring (bicyclic) bond motifs is 4. The van der Waals surface area contributed by atoms with Crippen LogP contribution in [0.1, 0.15) is 11.1 Å². The first-order chi connectivity index (χ1) is 12.9. The summed E-state index contributed by atoms with van der Waals surface area (Å²) in [5.74, 6) is 0. The van der Waals surface area contributed by atoms with Crippen molar-refractivity contribution < 1.29 is 0 Å². The minimum Gasteiger partial charge on any atom is -0.320 e. The lowest BCUT2D eigenvalue weighted by molar-refractivity contribution is 0.727. The molecule has 4 nitrogen and oxygen atoms in total. The van der Waals surface area contributed by atoms with Gasteiger partial charge in [0, 0.05) is 46.3 Å². The topological polar surface area (TPSA) is 31.2 Å². The van der Waals surface area contributed by atoms with Crippen LogP contribution in [-0.4, -0.2) is 22.2 Å². The van der Waals surface area contributed by atoms with Gasteiger partial charge in [-0.3, -0.25) is 9.98 Å². The summed E-state index contributed by atoms with van der Waals surface area (Å²) in [6.07, 6.45) is 20.0. The van der Waals surface area contributed by atoms with E-state index in [2.05, 4.69) is 56.5 Å². The minimum atomic E-state index is 1.15. The molecule has 0 unspecified atom stereocenters. The second kappa shape index (κ2) is 5.27. The van der Waals surface area contributed by atoms with Crippen LogP contribution in [0, 0.1) is 9.06 Å². The Morgan fingerprint density at radius 3 is 1.65 bits per heavy atom. The monoisotopic (exact) mass is 372 g/mol. The van der Waals surface area contributed by atoms with Gasteiger partial charge in [0.15, 0.2) is 0 Å². The van der Waals surface area contributed by atoms with E-state index < -0.39 is 0 Å². The Balaban J connectivity index is 1.66. The largest absolute Gasteiger partial charge is 0.320 e. The van der Waals surface area contributed by atoms with E-state index in [-0.39, 0.29) is 0 Å². The Kier molecular flexibility index (Phi) is 2.88. The quantitative estimate of drug-likeness (QED) is 0.712. The number of hydrogen-bond donors (Lipinski definition) is 0. The van der Waals surface area contributed by atoms with E-state index in [9.17, 15) is 0 Å². The first-order valence-electron chi connectivity index (χ1n) is 8.22. The maximum Gasteiger partial charge on any atom is 0.0814 e. The zero-order valence-corrected chi connectivity index (χ0v) is 15.2. The van der Waals surface area contributed by atoms with Crippen LogP contribution in [0.15, 0.2) is 59.3 Å². The van der Waals surface area contributed by atoms with Gasteiger partial charge in [0.1, 0.15) is 0 Å². The molecule has 6 rings (SSSR count). The van der Waals surface area contributed by atoms with Gasteiger partial charge in [-0.1, -0.05) is 0 Å². The summed E-state index contributed by atoms with van der Waals surface area (Å²) >= 11 is 3.66. The van der Waals surface area contributed by atoms with Crippen molar-refractivity contribution in [3.63, 3.8) is 0 Å². The van der Waals surface area contributed by atoms with Gasteiger partial charge in [0.05, 0.1) is 32.9 Å². The minimum absolute atomic E-state index is 1.15. The highest BCUT2D eigenvalue weighted by molar-refractivity contribution is 7.12. The predicted octanol–water partition coefficient (Wildman–Crippen LogP) is 3.00.